The lowest BCUT2D eigenvalue weighted by Crippen LogP contribution is -1.87. The van der Waals surface area contributed by atoms with Crippen molar-refractivity contribution < 1.29 is 0 Å². The van der Waals surface area contributed by atoms with E-state index >= 15 is 0 Å². The largest absolute Gasteiger partial charge is 0.242 e. The van der Waals surface area contributed by atoms with Crippen molar-refractivity contribution >= 4 is 34.3 Å². The van der Waals surface area contributed by atoms with Crippen LogP contribution >= 0.6 is 23.5 Å². The summed E-state index contributed by atoms with van der Waals surface area (Å²) in [6.45, 7) is 6.32. The van der Waals surface area contributed by atoms with Crippen molar-refractivity contribution in [2.24, 2.45) is 4.99 Å². The van der Waals surface area contributed by atoms with Crippen LogP contribution in [0, 0.1) is 20.8 Å². The summed E-state index contributed by atoms with van der Waals surface area (Å²) in [7, 11) is 0. The highest BCUT2D eigenvalue weighted by Gasteiger charge is 2.02. The van der Waals surface area contributed by atoms with Crippen molar-refractivity contribution in [2.45, 2.75) is 30.6 Å². The summed E-state index contributed by atoms with van der Waals surface area (Å²) in [4.78, 5) is 7.29. The molecule has 136 valence electrons. The van der Waals surface area contributed by atoms with E-state index in [1.165, 1.54) is 26.5 Å². The third kappa shape index (κ3) is 6.46. The normalized spacial score (nSPS) is 11.9. The maximum atomic E-state index is 4.85. The summed E-state index contributed by atoms with van der Waals surface area (Å²) in [5.74, 6) is 0. The molecule has 0 bridgehead atoms. The highest BCUT2D eigenvalue weighted by Crippen LogP contribution is 2.26. The molecule has 3 rings (SSSR count). The fourth-order valence-corrected chi connectivity index (χ4v) is 4.27. The van der Waals surface area contributed by atoms with E-state index in [0.29, 0.717) is 0 Å². The average molecular weight is 390 g/mol. The minimum atomic E-state index is 0.973. The number of nitrogens with zero attached hydrogens (tertiary/aromatic N) is 1. The fourth-order valence-electron chi connectivity index (χ4n) is 2.50. The molecule has 0 fully saturated rings. The molecule has 27 heavy (non-hydrogen) atoms. The third-order valence-electron chi connectivity index (χ3n) is 3.89. The van der Waals surface area contributed by atoms with Gasteiger partial charge in [-0.15, -0.1) is 0 Å². The molecule has 1 nitrogen and oxygen atoms in total. The average Bonchev–Trinajstić information content (AvgIpc) is 2.64. The zero-order valence-electron chi connectivity index (χ0n) is 15.8. The summed E-state index contributed by atoms with van der Waals surface area (Å²) in [6.07, 6.45) is 2.10. The van der Waals surface area contributed by atoms with E-state index < -0.39 is 0 Å². The monoisotopic (exact) mass is 389 g/mol. The van der Waals surface area contributed by atoms with E-state index in [1.807, 2.05) is 0 Å². The molecule has 0 saturated carbocycles. The molecule has 0 spiro atoms. The number of aliphatic imine (C=N–C) groups is 1. The first-order valence-electron chi connectivity index (χ1n) is 8.88. The van der Waals surface area contributed by atoms with Crippen molar-refractivity contribution in [3.63, 3.8) is 0 Å². The molecule has 0 aliphatic rings. The van der Waals surface area contributed by atoms with Crippen molar-refractivity contribution in [2.75, 3.05) is 0 Å². The van der Waals surface area contributed by atoms with Gasteiger partial charge in [0.1, 0.15) is 5.04 Å². The molecule has 3 aromatic carbocycles. The molecule has 0 aliphatic heterocycles. The van der Waals surface area contributed by atoms with Gasteiger partial charge in [0.25, 0.3) is 0 Å². The Hall–Kier alpha value is -2.23. The maximum Gasteiger partial charge on any atom is 0.102 e. The Morgan fingerprint density at radius 3 is 2.04 bits per heavy atom. The van der Waals surface area contributed by atoms with Crippen LogP contribution in [0.3, 0.4) is 0 Å². The maximum absolute atomic E-state index is 4.85. The molecular formula is C24H23NS2. The molecular weight excluding hydrogens is 366 g/mol. The van der Waals surface area contributed by atoms with Gasteiger partial charge in [0, 0.05) is 9.79 Å². The van der Waals surface area contributed by atoms with Gasteiger partial charge in [-0.1, -0.05) is 76.6 Å². The molecule has 0 saturated heterocycles. The molecule has 0 radical (unpaired) electrons. The standard InChI is InChI=1S/C24H23NS2/c1-18-10-12-21(13-11-18)25-24(27-23-9-5-7-20(3)17-23)14-15-26-22-8-4-6-19(2)16-22/h4-17H,1-3H3. The Bertz CT molecular complexity index is 956. The van der Waals surface area contributed by atoms with Crippen LogP contribution in [-0.4, -0.2) is 5.04 Å². The second kappa shape index (κ2) is 9.63. The number of thioether (sulfide) groups is 2. The molecule has 0 amide bonds. The van der Waals surface area contributed by atoms with E-state index in [9.17, 15) is 0 Å². The minimum absolute atomic E-state index is 0.973. The van der Waals surface area contributed by atoms with Gasteiger partial charge in [0.05, 0.1) is 5.69 Å². The summed E-state index contributed by atoms with van der Waals surface area (Å²) in [6, 6.07) is 25.4. The Morgan fingerprint density at radius 1 is 0.741 bits per heavy atom. The van der Waals surface area contributed by atoms with Gasteiger partial charge >= 0.3 is 0 Å². The van der Waals surface area contributed by atoms with Gasteiger partial charge < -0.3 is 0 Å². The van der Waals surface area contributed by atoms with E-state index in [4.69, 9.17) is 4.99 Å². The van der Waals surface area contributed by atoms with Crippen LogP contribution in [0.25, 0.3) is 0 Å². The number of hydrogen-bond donors (Lipinski definition) is 0. The molecule has 3 aromatic rings. The lowest BCUT2D eigenvalue weighted by molar-refractivity contribution is 1.37. The van der Waals surface area contributed by atoms with Crippen molar-refractivity contribution in [1.29, 1.82) is 0 Å². The Balaban J connectivity index is 1.82. The zero-order valence-corrected chi connectivity index (χ0v) is 17.5. The van der Waals surface area contributed by atoms with Crippen LogP contribution in [0.5, 0.6) is 0 Å². The molecule has 0 aliphatic carbocycles. The topological polar surface area (TPSA) is 12.4 Å². The number of rotatable bonds is 5. The van der Waals surface area contributed by atoms with E-state index in [1.54, 1.807) is 23.5 Å². The van der Waals surface area contributed by atoms with Crippen LogP contribution in [0.2, 0.25) is 0 Å². The summed E-state index contributed by atoms with van der Waals surface area (Å²) in [5.41, 5.74) is 4.75. The smallest absolute Gasteiger partial charge is 0.102 e. The summed E-state index contributed by atoms with van der Waals surface area (Å²) < 4.78 is 0. The number of benzene rings is 3. The number of hydrogen-bond acceptors (Lipinski definition) is 3. The molecule has 0 unspecified atom stereocenters. The van der Waals surface area contributed by atoms with Crippen LogP contribution in [0.4, 0.5) is 5.69 Å². The Morgan fingerprint density at radius 2 is 1.37 bits per heavy atom. The summed E-state index contributed by atoms with van der Waals surface area (Å²) in [5, 5.41) is 3.09. The third-order valence-corrected chi connectivity index (χ3v) is 5.61. The lowest BCUT2D eigenvalue weighted by atomic mass is 10.2. The Kier molecular flexibility index (Phi) is 6.97. The second-order valence-corrected chi connectivity index (χ2v) is 8.51. The Labute approximate surface area is 170 Å². The van der Waals surface area contributed by atoms with Gasteiger partial charge in [-0.3, -0.25) is 0 Å². The SMILES string of the molecule is Cc1ccc(N=C(C=CSc2cccc(C)c2)Sc2cccc(C)c2)cc1. The minimum Gasteiger partial charge on any atom is -0.242 e. The first kappa shape index (κ1) is 19.5. The van der Waals surface area contributed by atoms with Crippen LogP contribution in [0.15, 0.2) is 99.1 Å². The van der Waals surface area contributed by atoms with Crippen LogP contribution < -0.4 is 0 Å². The first-order chi connectivity index (χ1) is 13.1. The van der Waals surface area contributed by atoms with E-state index in [2.05, 4.69) is 105 Å². The lowest BCUT2D eigenvalue weighted by Gasteiger charge is -2.04. The molecule has 3 heteroatoms. The van der Waals surface area contributed by atoms with Crippen molar-refractivity contribution in [3.8, 4) is 0 Å². The molecule has 0 atom stereocenters. The predicted molar refractivity (Wildman–Crippen MR) is 121 cm³/mol. The van der Waals surface area contributed by atoms with Crippen LogP contribution in [-0.2, 0) is 0 Å². The van der Waals surface area contributed by atoms with Crippen molar-refractivity contribution in [3.05, 3.63) is 101 Å². The predicted octanol–water partition coefficient (Wildman–Crippen LogP) is 7.74. The van der Waals surface area contributed by atoms with E-state index in [0.717, 1.165) is 10.7 Å². The quantitative estimate of drug-likeness (QED) is 0.251. The first-order valence-corrected chi connectivity index (χ1v) is 10.6. The second-order valence-electron chi connectivity index (χ2n) is 6.44. The number of aryl methyl sites for hydroxylation is 3. The molecule has 0 N–H and O–H groups in total. The summed E-state index contributed by atoms with van der Waals surface area (Å²) >= 11 is 3.40. The molecule has 0 heterocycles. The van der Waals surface area contributed by atoms with Gasteiger partial charge in [-0.25, -0.2) is 4.99 Å². The fraction of sp³-hybridized carbons (Fsp3) is 0.125. The van der Waals surface area contributed by atoms with Crippen LogP contribution in [0.1, 0.15) is 16.7 Å². The van der Waals surface area contributed by atoms with Gasteiger partial charge in [-0.05, 0) is 68.7 Å². The van der Waals surface area contributed by atoms with Gasteiger partial charge in [0.15, 0.2) is 0 Å². The van der Waals surface area contributed by atoms with Crippen molar-refractivity contribution in [1.82, 2.24) is 0 Å². The highest BCUT2D eigenvalue weighted by molar-refractivity contribution is 8.14. The van der Waals surface area contributed by atoms with Gasteiger partial charge in [-0.2, -0.15) is 0 Å². The molecule has 0 aromatic heterocycles. The zero-order chi connectivity index (χ0) is 19.1. The highest BCUT2D eigenvalue weighted by atomic mass is 32.2. The van der Waals surface area contributed by atoms with E-state index in [-0.39, 0.29) is 0 Å². The van der Waals surface area contributed by atoms with Gasteiger partial charge in [0.2, 0.25) is 0 Å².